The van der Waals surface area contributed by atoms with Crippen LogP contribution in [-0.2, 0) is 6.42 Å². The van der Waals surface area contributed by atoms with Crippen molar-refractivity contribution >= 4 is 5.91 Å². The Hall–Kier alpha value is -3.28. The van der Waals surface area contributed by atoms with Crippen molar-refractivity contribution < 1.29 is 14.3 Å². The Kier molecular flexibility index (Phi) is 5.02. The van der Waals surface area contributed by atoms with Gasteiger partial charge in [0.05, 0.1) is 19.3 Å². The molecule has 144 valence electrons. The van der Waals surface area contributed by atoms with E-state index in [1.165, 1.54) is 0 Å². The second-order valence-electron chi connectivity index (χ2n) is 7.00. The summed E-state index contributed by atoms with van der Waals surface area (Å²) in [6.45, 7) is 2.97. The molecule has 4 rings (SSSR count). The van der Waals surface area contributed by atoms with E-state index in [1.807, 2.05) is 55.5 Å². The summed E-state index contributed by atoms with van der Waals surface area (Å²) >= 11 is 0. The van der Waals surface area contributed by atoms with Gasteiger partial charge in [0.2, 0.25) is 0 Å². The summed E-state index contributed by atoms with van der Waals surface area (Å²) in [7, 11) is 1.64. The van der Waals surface area contributed by atoms with Gasteiger partial charge in [-0.05, 0) is 25.0 Å². The zero-order valence-corrected chi connectivity index (χ0v) is 16.0. The van der Waals surface area contributed by atoms with Gasteiger partial charge >= 0.3 is 0 Å². The van der Waals surface area contributed by atoms with Gasteiger partial charge in [0, 0.05) is 29.8 Å². The van der Waals surface area contributed by atoms with Crippen LogP contribution in [0.2, 0.25) is 0 Å². The van der Waals surface area contributed by atoms with Gasteiger partial charge in [0.25, 0.3) is 5.91 Å². The molecule has 28 heavy (non-hydrogen) atoms. The lowest BCUT2D eigenvalue weighted by Crippen LogP contribution is -2.35. The van der Waals surface area contributed by atoms with Crippen molar-refractivity contribution in [1.29, 1.82) is 0 Å². The molecule has 6 nitrogen and oxygen atoms in total. The Bertz CT molecular complexity index is 982. The van der Waals surface area contributed by atoms with Crippen LogP contribution in [0.1, 0.15) is 21.6 Å². The topological polar surface area (TPSA) is 76.2 Å². The number of carbonyl (C=O) groups excluding carboxylic acids is 1. The molecule has 0 spiro atoms. The average molecular weight is 377 g/mol. The standard InChI is InChI=1S/C22H23N3O3/c1-14-20(21(25-24-14)16-6-4-3-5-7-16)22(26)23-12-15-10-17-8-9-18(27-2)11-19(17)28-13-15/h3-9,11,15H,10,12-13H2,1-2H3,(H,23,26)(H,24,25). The number of benzene rings is 2. The molecular weight excluding hydrogens is 354 g/mol. The molecule has 0 fully saturated rings. The van der Waals surface area contributed by atoms with Crippen LogP contribution in [0.25, 0.3) is 11.3 Å². The fourth-order valence-electron chi connectivity index (χ4n) is 3.51. The van der Waals surface area contributed by atoms with E-state index in [2.05, 4.69) is 15.5 Å². The zero-order valence-electron chi connectivity index (χ0n) is 16.0. The van der Waals surface area contributed by atoms with Crippen molar-refractivity contribution in [3.63, 3.8) is 0 Å². The van der Waals surface area contributed by atoms with Gasteiger partial charge in [0.1, 0.15) is 17.2 Å². The van der Waals surface area contributed by atoms with Crippen LogP contribution in [0.4, 0.5) is 0 Å². The molecule has 2 N–H and O–H groups in total. The minimum Gasteiger partial charge on any atom is -0.497 e. The van der Waals surface area contributed by atoms with Gasteiger partial charge in [-0.2, -0.15) is 5.10 Å². The molecule has 2 aromatic carbocycles. The lowest BCUT2D eigenvalue weighted by molar-refractivity contribution is 0.0939. The summed E-state index contributed by atoms with van der Waals surface area (Å²) in [5.41, 5.74) is 4.08. The van der Waals surface area contributed by atoms with Crippen LogP contribution in [0.3, 0.4) is 0 Å². The van der Waals surface area contributed by atoms with Gasteiger partial charge in [0.15, 0.2) is 0 Å². The lowest BCUT2D eigenvalue weighted by Gasteiger charge is -2.25. The molecule has 0 radical (unpaired) electrons. The number of aromatic amines is 1. The van der Waals surface area contributed by atoms with Gasteiger partial charge in [-0.25, -0.2) is 0 Å². The van der Waals surface area contributed by atoms with Gasteiger partial charge in [-0.15, -0.1) is 0 Å². The number of fused-ring (bicyclic) bond motifs is 1. The maximum atomic E-state index is 12.9. The van der Waals surface area contributed by atoms with Crippen molar-refractivity contribution in [3.05, 3.63) is 65.4 Å². The molecule has 1 atom stereocenters. The van der Waals surface area contributed by atoms with Crippen LogP contribution >= 0.6 is 0 Å². The van der Waals surface area contributed by atoms with Crippen LogP contribution in [0.15, 0.2) is 48.5 Å². The second kappa shape index (κ2) is 7.76. The van der Waals surface area contributed by atoms with E-state index in [9.17, 15) is 4.79 Å². The minimum atomic E-state index is -0.120. The first-order valence-corrected chi connectivity index (χ1v) is 9.34. The van der Waals surface area contributed by atoms with E-state index in [-0.39, 0.29) is 11.8 Å². The summed E-state index contributed by atoms with van der Waals surface area (Å²) < 4.78 is 11.1. The molecular formula is C22H23N3O3. The molecule has 6 heteroatoms. The van der Waals surface area contributed by atoms with Crippen LogP contribution in [-0.4, -0.2) is 36.4 Å². The molecule has 2 heterocycles. The monoisotopic (exact) mass is 377 g/mol. The number of nitrogens with one attached hydrogen (secondary N) is 2. The first-order chi connectivity index (χ1) is 13.7. The molecule has 0 saturated carbocycles. The summed E-state index contributed by atoms with van der Waals surface area (Å²) in [6.07, 6.45) is 0.857. The second-order valence-corrected chi connectivity index (χ2v) is 7.00. The molecule has 1 unspecified atom stereocenters. The summed E-state index contributed by atoms with van der Waals surface area (Å²) in [6, 6.07) is 15.6. The molecule has 1 aromatic heterocycles. The number of rotatable bonds is 5. The van der Waals surface area contributed by atoms with Crippen molar-refractivity contribution in [2.24, 2.45) is 5.92 Å². The predicted octanol–water partition coefficient (Wildman–Crippen LogP) is 3.37. The van der Waals surface area contributed by atoms with Gasteiger partial charge in [-0.3, -0.25) is 9.89 Å². The third-order valence-electron chi connectivity index (χ3n) is 5.03. The van der Waals surface area contributed by atoms with Gasteiger partial charge in [-0.1, -0.05) is 36.4 Å². The van der Waals surface area contributed by atoms with E-state index >= 15 is 0 Å². The average Bonchev–Trinajstić information content (AvgIpc) is 3.13. The van der Waals surface area contributed by atoms with E-state index in [0.29, 0.717) is 24.4 Å². The van der Waals surface area contributed by atoms with Crippen LogP contribution in [0, 0.1) is 12.8 Å². The maximum Gasteiger partial charge on any atom is 0.255 e. The summed E-state index contributed by atoms with van der Waals surface area (Å²) in [5.74, 6) is 1.75. The Morgan fingerprint density at radius 3 is 2.89 bits per heavy atom. The molecule has 3 aromatic rings. The number of amides is 1. The predicted molar refractivity (Wildman–Crippen MR) is 107 cm³/mol. The van der Waals surface area contributed by atoms with E-state index in [1.54, 1.807) is 7.11 Å². The Morgan fingerprint density at radius 1 is 1.29 bits per heavy atom. The SMILES string of the molecule is COc1ccc2c(c1)OCC(CNC(=O)c1c(-c3ccccc3)n[nH]c1C)C2. The lowest BCUT2D eigenvalue weighted by atomic mass is 9.96. The Balaban J connectivity index is 1.44. The van der Waals surface area contributed by atoms with Crippen molar-refractivity contribution in [2.75, 3.05) is 20.3 Å². The van der Waals surface area contributed by atoms with Crippen molar-refractivity contribution in [1.82, 2.24) is 15.5 Å². The number of methoxy groups -OCH3 is 1. The number of carbonyl (C=O) groups is 1. The highest BCUT2D eigenvalue weighted by Crippen LogP contribution is 2.31. The quantitative estimate of drug-likeness (QED) is 0.715. The molecule has 0 saturated heterocycles. The third-order valence-corrected chi connectivity index (χ3v) is 5.03. The molecule has 1 aliphatic rings. The maximum absolute atomic E-state index is 12.9. The molecule has 0 bridgehead atoms. The third kappa shape index (κ3) is 3.58. The number of H-pyrrole nitrogens is 1. The van der Waals surface area contributed by atoms with Crippen molar-refractivity contribution in [2.45, 2.75) is 13.3 Å². The normalized spacial score (nSPS) is 15.4. The first kappa shape index (κ1) is 18.1. The van der Waals surface area contributed by atoms with Crippen molar-refractivity contribution in [3.8, 4) is 22.8 Å². The molecule has 1 amide bonds. The fourth-order valence-corrected chi connectivity index (χ4v) is 3.51. The number of hydrogen-bond donors (Lipinski definition) is 2. The number of ether oxygens (including phenoxy) is 2. The van der Waals surface area contributed by atoms with E-state index in [4.69, 9.17) is 9.47 Å². The minimum absolute atomic E-state index is 0.120. The summed E-state index contributed by atoms with van der Waals surface area (Å²) in [5, 5.41) is 10.3. The zero-order chi connectivity index (χ0) is 19.5. The number of nitrogens with zero attached hydrogens (tertiary/aromatic N) is 1. The fraction of sp³-hybridized carbons (Fsp3) is 0.273. The van der Waals surface area contributed by atoms with Crippen LogP contribution in [0.5, 0.6) is 11.5 Å². The van der Waals surface area contributed by atoms with Gasteiger partial charge < -0.3 is 14.8 Å². The van der Waals surface area contributed by atoms with E-state index in [0.717, 1.165) is 34.7 Å². The highest BCUT2D eigenvalue weighted by molar-refractivity contribution is 6.01. The Morgan fingerprint density at radius 2 is 2.11 bits per heavy atom. The highest BCUT2D eigenvalue weighted by atomic mass is 16.5. The molecule has 1 aliphatic heterocycles. The summed E-state index contributed by atoms with van der Waals surface area (Å²) in [4.78, 5) is 12.9. The number of aryl methyl sites for hydroxylation is 1. The smallest absolute Gasteiger partial charge is 0.255 e. The Labute approximate surface area is 163 Å². The largest absolute Gasteiger partial charge is 0.497 e. The number of aromatic nitrogens is 2. The molecule has 0 aliphatic carbocycles. The number of hydrogen-bond acceptors (Lipinski definition) is 4. The van der Waals surface area contributed by atoms with Crippen LogP contribution < -0.4 is 14.8 Å². The highest BCUT2D eigenvalue weighted by Gasteiger charge is 2.23. The first-order valence-electron chi connectivity index (χ1n) is 9.34. The van der Waals surface area contributed by atoms with E-state index < -0.39 is 0 Å².